The topological polar surface area (TPSA) is 87.6 Å². The predicted molar refractivity (Wildman–Crippen MR) is 70.5 cm³/mol. The van der Waals surface area contributed by atoms with Crippen molar-refractivity contribution < 1.29 is 14.6 Å². The summed E-state index contributed by atoms with van der Waals surface area (Å²) in [6.07, 6.45) is -0.799. The lowest BCUT2D eigenvalue weighted by Crippen LogP contribution is -2.46. The van der Waals surface area contributed by atoms with E-state index in [2.05, 4.69) is 15.3 Å². The van der Waals surface area contributed by atoms with Gasteiger partial charge in [0.15, 0.2) is 6.10 Å². The number of aliphatic carboxylic acids is 1. The van der Waals surface area contributed by atoms with E-state index in [4.69, 9.17) is 9.84 Å². The highest BCUT2D eigenvalue weighted by atomic mass is 16.5. The number of morpholine rings is 1. The van der Waals surface area contributed by atoms with Crippen LogP contribution >= 0.6 is 0 Å². The van der Waals surface area contributed by atoms with Crippen LogP contribution in [0.2, 0.25) is 0 Å². The van der Waals surface area contributed by atoms with Gasteiger partial charge in [-0.3, -0.25) is 0 Å². The summed E-state index contributed by atoms with van der Waals surface area (Å²) >= 11 is 0. The second-order valence-electron chi connectivity index (χ2n) is 4.33. The number of carboxylic acid groups (broad SMARTS) is 1. The van der Waals surface area contributed by atoms with E-state index in [0.29, 0.717) is 25.5 Å². The van der Waals surface area contributed by atoms with Gasteiger partial charge in [0.25, 0.3) is 0 Å². The number of nitrogens with zero attached hydrogens (tertiary/aromatic N) is 3. The first-order valence-electron chi connectivity index (χ1n) is 6.29. The van der Waals surface area contributed by atoms with Crippen LogP contribution in [0.1, 0.15) is 12.7 Å². The molecule has 0 spiro atoms. The molecule has 1 aromatic heterocycles. The average Bonchev–Trinajstić information content (AvgIpc) is 2.38. The Morgan fingerprint density at radius 1 is 1.63 bits per heavy atom. The number of nitrogens with one attached hydrogen (secondary N) is 1. The van der Waals surface area contributed by atoms with Crippen LogP contribution in [0.25, 0.3) is 0 Å². The lowest BCUT2D eigenvalue weighted by molar-refractivity contribution is -0.150. The van der Waals surface area contributed by atoms with Crippen molar-refractivity contribution in [3.05, 3.63) is 11.9 Å². The SMILES string of the molecule is CCNc1cc(N2CCOC(C(=O)O)C2)nc(C)n1. The normalized spacial score (nSPS) is 19.3. The van der Waals surface area contributed by atoms with Crippen molar-refractivity contribution in [3.8, 4) is 0 Å². The zero-order chi connectivity index (χ0) is 13.8. The molecule has 1 aliphatic heterocycles. The fourth-order valence-electron chi connectivity index (χ4n) is 1.99. The molecule has 104 valence electrons. The van der Waals surface area contributed by atoms with Crippen LogP contribution in [0.4, 0.5) is 11.6 Å². The largest absolute Gasteiger partial charge is 0.479 e. The van der Waals surface area contributed by atoms with Crippen molar-refractivity contribution in [1.82, 2.24) is 9.97 Å². The molecule has 0 bridgehead atoms. The summed E-state index contributed by atoms with van der Waals surface area (Å²) in [7, 11) is 0. The van der Waals surface area contributed by atoms with Gasteiger partial charge in [-0.05, 0) is 13.8 Å². The highest BCUT2D eigenvalue weighted by Gasteiger charge is 2.27. The Bertz CT molecular complexity index is 466. The Labute approximate surface area is 111 Å². The number of ether oxygens (including phenoxy) is 1. The average molecular weight is 266 g/mol. The predicted octanol–water partition coefficient (Wildman–Crippen LogP) is 0.507. The van der Waals surface area contributed by atoms with Gasteiger partial charge < -0.3 is 20.1 Å². The van der Waals surface area contributed by atoms with E-state index in [0.717, 1.165) is 18.2 Å². The Morgan fingerprint density at radius 2 is 2.42 bits per heavy atom. The number of hydrogen-bond donors (Lipinski definition) is 2. The van der Waals surface area contributed by atoms with Crippen molar-refractivity contribution >= 4 is 17.6 Å². The molecule has 2 heterocycles. The highest BCUT2D eigenvalue weighted by Crippen LogP contribution is 2.18. The zero-order valence-corrected chi connectivity index (χ0v) is 11.1. The minimum absolute atomic E-state index is 0.303. The Balaban J connectivity index is 2.18. The number of carboxylic acids is 1. The van der Waals surface area contributed by atoms with E-state index in [9.17, 15) is 4.79 Å². The van der Waals surface area contributed by atoms with Gasteiger partial charge in [0, 0.05) is 19.2 Å². The molecule has 1 aliphatic rings. The Kier molecular flexibility index (Phi) is 4.16. The Hall–Kier alpha value is -1.89. The van der Waals surface area contributed by atoms with Gasteiger partial charge in [-0.25, -0.2) is 14.8 Å². The van der Waals surface area contributed by atoms with Gasteiger partial charge in [0.2, 0.25) is 0 Å². The first kappa shape index (κ1) is 13.5. The van der Waals surface area contributed by atoms with Crippen LogP contribution in [0, 0.1) is 6.92 Å². The summed E-state index contributed by atoms with van der Waals surface area (Å²) in [5.74, 6) is 1.20. The lowest BCUT2D eigenvalue weighted by Gasteiger charge is -2.31. The number of hydrogen-bond acceptors (Lipinski definition) is 6. The van der Waals surface area contributed by atoms with Gasteiger partial charge in [-0.1, -0.05) is 0 Å². The standard InChI is InChI=1S/C12H18N4O3/c1-3-13-10-6-11(15-8(2)14-10)16-4-5-19-9(7-16)12(17)18/h6,9H,3-5,7H2,1-2H3,(H,17,18)(H,13,14,15). The monoisotopic (exact) mass is 266 g/mol. The second kappa shape index (κ2) is 5.83. The van der Waals surface area contributed by atoms with Crippen molar-refractivity contribution in [1.29, 1.82) is 0 Å². The van der Waals surface area contributed by atoms with Crippen molar-refractivity contribution in [2.45, 2.75) is 20.0 Å². The molecule has 1 unspecified atom stereocenters. The fraction of sp³-hybridized carbons (Fsp3) is 0.583. The summed E-state index contributed by atoms with van der Waals surface area (Å²) in [6, 6.07) is 1.83. The quantitative estimate of drug-likeness (QED) is 0.820. The molecule has 1 atom stereocenters. The maximum Gasteiger partial charge on any atom is 0.334 e. The molecule has 19 heavy (non-hydrogen) atoms. The third-order valence-corrected chi connectivity index (χ3v) is 2.85. The van der Waals surface area contributed by atoms with Crippen LogP contribution in [-0.4, -0.2) is 53.4 Å². The molecule has 0 amide bonds. The molecule has 1 fully saturated rings. The third kappa shape index (κ3) is 3.31. The van der Waals surface area contributed by atoms with E-state index in [1.165, 1.54) is 0 Å². The zero-order valence-electron chi connectivity index (χ0n) is 11.1. The second-order valence-corrected chi connectivity index (χ2v) is 4.33. The number of rotatable bonds is 4. The van der Waals surface area contributed by atoms with Crippen LogP contribution in [0.5, 0.6) is 0 Å². The minimum Gasteiger partial charge on any atom is -0.479 e. The molecular weight excluding hydrogens is 248 g/mol. The first-order chi connectivity index (χ1) is 9.10. The number of aryl methyl sites for hydroxylation is 1. The van der Waals surface area contributed by atoms with Crippen molar-refractivity contribution in [2.75, 3.05) is 36.5 Å². The summed E-state index contributed by atoms with van der Waals surface area (Å²) in [4.78, 5) is 21.5. The molecule has 0 aliphatic carbocycles. The summed E-state index contributed by atoms with van der Waals surface area (Å²) in [5.41, 5.74) is 0. The van der Waals surface area contributed by atoms with Crippen LogP contribution in [0.15, 0.2) is 6.07 Å². The summed E-state index contributed by atoms with van der Waals surface area (Å²) < 4.78 is 5.20. The van der Waals surface area contributed by atoms with Gasteiger partial charge in [0.1, 0.15) is 17.5 Å². The molecule has 2 N–H and O–H groups in total. The number of aromatic nitrogens is 2. The van der Waals surface area contributed by atoms with Crippen molar-refractivity contribution in [2.24, 2.45) is 0 Å². The van der Waals surface area contributed by atoms with Crippen LogP contribution in [0.3, 0.4) is 0 Å². The van der Waals surface area contributed by atoms with Crippen molar-refractivity contribution in [3.63, 3.8) is 0 Å². The molecular formula is C12H18N4O3. The molecule has 2 rings (SSSR count). The first-order valence-corrected chi connectivity index (χ1v) is 6.29. The smallest absolute Gasteiger partial charge is 0.334 e. The molecule has 0 aromatic carbocycles. The van der Waals surface area contributed by atoms with E-state index < -0.39 is 12.1 Å². The minimum atomic E-state index is -0.942. The third-order valence-electron chi connectivity index (χ3n) is 2.85. The summed E-state index contributed by atoms with van der Waals surface area (Å²) in [5, 5.41) is 12.1. The van der Waals surface area contributed by atoms with Gasteiger partial charge in [-0.15, -0.1) is 0 Å². The lowest BCUT2D eigenvalue weighted by atomic mass is 10.2. The van der Waals surface area contributed by atoms with E-state index >= 15 is 0 Å². The maximum atomic E-state index is 11.0. The molecule has 1 aromatic rings. The van der Waals surface area contributed by atoms with Gasteiger partial charge >= 0.3 is 5.97 Å². The molecule has 1 saturated heterocycles. The maximum absolute atomic E-state index is 11.0. The molecule has 7 heteroatoms. The van der Waals surface area contributed by atoms with E-state index in [1.54, 1.807) is 0 Å². The fourth-order valence-corrected chi connectivity index (χ4v) is 1.99. The number of carbonyl (C=O) groups is 1. The molecule has 0 radical (unpaired) electrons. The van der Waals surface area contributed by atoms with Crippen LogP contribution in [-0.2, 0) is 9.53 Å². The Morgan fingerprint density at radius 3 is 3.11 bits per heavy atom. The van der Waals surface area contributed by atoms with E-state index in [-0.39, 0.29) is 0 Å². The van der Waals surface area contributed by atoms with Gasteiger partial charge in [-0.2, -0.15) is 0 Å². The summed E-state index contributed by atoms with van der Waals surface area (Å²) in [6.45, 7) is 5.90. The highest BCUT2D eigenvalue weighted by molar-refractivity contribution is 5.73. The number of anilines is 2. The van der Waals surface area contributed by atoms with Gasteiger partial charge in [0.05, 0.1) is 13.2 Å². The van der Waals surface area contributed by atoms with Crippen LogP contribution < -0.4 is 10.2 Å². The molecule has 7 nitrogen and oxygen atoms in total. The van der Waals surface area contributed by atoms with E-state index in [1.807, 2.05) is 24.8 Å². The molecule has 0 saturated carbocycles.